The third kappa shape index (κ3) is 3.66. The molecular weight excluding hydrogens is 359 g/mol. The van der Waals surface area contributed by atoms with Gasteiger partial charge in [-0.1, -0.05) is 12.1 Å². The van der Waals surface area contributed by atoms with E-state index in [1.54, 1.807) is 4.90 Å². The Morgan fingerprint density at radius 2 is 2.16 bits per heavy atom. The maximum atomic E-state index is 11.9. The standard InChI is InChI=1S/C13H15IN2O3/c14-9-4-1-2-5-10(9)15-12(17)8-16-7-3-6-11(16)13(18)19/h1-2,4-5,11H,3,6-8H2,(H,15,17)(H,18,19). The minimum Gasteiger partial charge on any atom is -0.480 e. The van der Waals surface area contributed by atoms with Crippen molar-refractivity contribution < 1.29 is 14.7 Å². The van der Waals surface area contributed by atoms with Crippen molar-refractivity contribution in [1.82, 2.24) is 4.90 Å². The third-order valence-corrected chi connectivity index (χ3v) is 4.08. The van der Waals surface area contributed by atoms with Gasteiger partial charge in [-0.05, 0) is 54.1 Å². The van der Waals surface area contributed by atoms with Crippen molar-refractivity contribution in [2.75, 3.05) is 18.4 Å². The first-order chi connectivity index (χ1) is 9.08. The number of benzene rings is 1. The molecule has 1 fully saturated rings. The summed E-state index contributed by atoms with van der Waals surface area (Å²) in [4.78, 5) is 24.7. The monoisotopic (exact) mass is 374 g/mol. The van der Waals surface area contributed by atoms with Gasteiger partial charge in [0.2, 0.25) is 5.91 Å². The first kappa shape index (κ1) is 14.3. The van der Waals surface area contributed by atoms with E-state index in [1.165, 1.54) is 0 Å². The van der Waals surface area contributed by atoms with Gasteiger partial charge >= 0.3 is 5.97 Å². The molecule has 1 saturated heterocycles. The van der Waals surface area contributed by atoms with Crippen LogP contribution in [0.25, 0.3) is 0 Å². The Bertz CT molecular complexity index is 493. The van der Waals surface area contributed by atoms with Crippen molar-refractivity contribution in [2.45, 2.75) is 18.9 Å². The number of nitrogens with zero attached hydrogens (tertiary/aromatic N) is 1. The van der Waals surface area contributed by atoms with Crippen molar-refractivity contribution in [3.8, 4) is 0 Å². The molecule has 2 N–H and O–H groups in total. The number of halogens is 1. The third-order valence-electron chi connectivity index (χ3n) is 3.14. The second kappa shape index (κ2) is 6.33. The lowest BCUT2D eigenvalue weighted by molar-refractivity contribution is -0.142. The molecule has 1 aromatic carbocycles. The molecule has 0 bridgehead atoms. The number of carbonyl (C=O) groups is 2. The van der Waals surface area contributed by atoms with Crippen molar-refractivity contribution in [1.29, 1.82) is 0 Å². The van der Waals surface area contributed by atoms with Gasteiger partial charge < -0.3 is 10.4 Å². The van der Waals surface area contributed by atoms with E-state index in [2.05, 4.69) is 27.9 Å². The second-order valence-corrected chi connectivity index (χ2v) is 5.66. The van der Waals surface area contributed by atoms with E-state index in [0.29, 0.717) is 13.0 Å². The molecule has 1 unspecified atom stereocenters. The molecule has 1 aliphatic heterocycles. The normalized spacial score (nSPS) is 19.3. The first-order valence-electron chi connectivity index (χ1n) is 6.09. The van der Waals surface area contributed by atoms with Crippen molar-refractivity contribution in [2.24, 2.45) is 0 Å². The van der Waals surface area contributed by atoms with Crippen LogP contribution in [-0.2, 0) is 9.59 Å². The Balaban J connectivity index is 1.95. The zero-order valence-electron chi connectivity index (χ0n) is 10.3. The number of amides is 1. The zero-order chi connectivity index (χ0) is 13.8. The molecule has 0 aliphatic carbocycles. The van der Waals surface area contributed by atoms with Crippen LogP contribution in [0, 0.1) is 3.57 Å². The molecule has 5 nitrogen and oxygen atoms in total. The van der Waals surface area contributed by atoms with Gasteiger partial charge in [0.15, 0.2) is 0 Å². The van der Waals surface area contributed by atoms with Crippen LogP contribution in [-0.4, -0.2) is 41.0 Å². The molecule has 0 radical (unpaired) electrons. The summed E-state index contributed by atoms with van der Waals surface area (Å²) in [6, 6.07) is 6.97. The van der Waals surface area contributed by atoms with Crippen LogP contribution in [0.4, 0.5) is 5.69 Å². The van der Waals surface area contributed by atoms with Gasteiger partial charge in [0, 0.05) is 3.57 Å². The lowest BCUT2D eigenvalue weighted by Crippen LogP contribution is -2.40. The van der Waals surface area contributed by atoms with Gasteiger partial charge in [0.25, 0.3) is 0 Å². The highest BCUT2D eigenvalue weighted by Gasteiger charge is 2.31. The summed E-state index contributed by atoms with van der Waals surface area (Å²) in [5.74, 6) is -1.02. The smallest absolute Gasteiger partial charge is 0.320 e. The summed E-state index contributed by atoms with van der Waals surface area (Å²) in [6.07, 6.45) is 1.44. The van der Waals surface area contributed by atoms with Crippen molar-refractivity contribution >= 4 is 40.2 Å². The molecule has 1 amide bonds. The molecule has 6 heteroatoms. The van der Waals surface area contributed by atoms with Gasteiger partial charge in [-0.25, -0.2) is 0 Å². The molecule has 1 heterocycles. The molecule has 2 rings (SSSR count). The minimum atomic E-state index is -0.848. The maximum absolute atomic E-state index is 11.9. The first-order valence-corrected chi connectivity index (χ1v) is 7.17. The number of aliphatic carboxylic acids is 1. The summed E-state index contributed by atoms with van der Waals surface area (Å²) in [7, 11) is 0. The fourth-order valence-corrected chi connectivity index (χ4v) is 2.75. The quantitative estimate of drug-likeness (QED) is 0.789. The Morgan fingerprint density at radius 3 is 2.84 bits per heavy atom. The van der Waals surface area contributed by atoms with E-state index in [4.69, 9.17) is 5.11 Å². The van der Waals surface area contributed by atoms with Crippen LogP contribution in [0.5, 0.6) is 0 Å². The maximum Gasteiger partial charge on any atom is 0.320 e. The van der Waals surface area contributed by atoms with Crippen LogP contribution in [0.15, 0.2) is 24.3 Å². The van der Waals surface area contributed by atoms with Crippen LogP contribution >= 0.6 is 22.6 Å². The average molecular weight is 374 g/mol. The highest BCUT2D eigenvalue weighted by molar-refractivity contribution is 14.1. The molecule has 102 valence electrons. The number of hydrogen-bond acceptors (Lipinski definition) is 3. The molecular formula is C13H15IN2O3. The lowest BCUT2D eigenvalue weighted by atomic mass is 10.2. The number of carboxylic acid groups (broad SMARTS) is 1. The van der Waals surface area contributed by atoms with E-state index in [0.717, 1.165) is 15.7 Å². The molecule has 19 heavy (non-hydrogen) atoms. The molecule has 0 spiro atoms. The Hall–Kier alpha value is -1.15. The van der Waals surface area contributed by atoms with Crippen LogP contribution in [0.1, 0.15) is 12.8 Å². The van der Waals surface area contributed by atoms with Crippen molar-refractivity contribution in [3.05, 3.63) is 27.8 Å². The van der Waals surface area contributed by atoms with Gasteiger partial charge in [-0.15, -0.1) is 0 Å². The summed E-state index contributed by atoms with van der Waals surface area (Å²) in [5, 5.41) is 11.9. The Labute approximate surface area is 125 Å². The van der Waals surface area contributed by atoms with Crippen molar-refractivity contribution in [3.63, 3.8) is 0 Å². The van der Waals surface area contributed by atoms with E-state index < -0.39 is 12.0 Å². The average Bonchev–Trinajstić information content (AvgIpc) is 2.80. The Kier molecular flexibility index (Phi) is 4.76. The lowest BCUT2D eigenvalue weighted by Gasteiger charge is -2.20. The molecule has 1 atom stereocenters. The number of rotatable bonds is 4. The number of anilines is 1. The number of nitrogens with one attached hydrogen (secondary N) is 1. The molecule has 0 aromatic heterocycles. The van der Waals surface area contributed by atoms with Crippen LogP contribution in [0.2, 0.25) is 0 Å². The fourth-order valence-electron chi connectivity index (χ4n) is 2.23. The zero-order valence-corrected chi connectivity index (χ0v) is 12.5. The molecule has 1 aromatic rings. The van der Waals surface area contributed by atoms with E-state index in [9.17, 15) is 9.59 Å². The summed E-state index contributed by atoms with van der Waals surface area (Å²) in [6.45, 7) is 0.790. The molecule has 1 aliphatic rings. The Morgan fingerprint density at radius 1 is 1.42 bits per heavy atom. The fraction of sp³-hybridized carbons (Fsp3) is 0.385. The van der Waals surface area contributed by atoms with Crippen LogP contribution in [0.3, 0.4) is 0 Å². The number of hydrogen-bond donors (Lipinski definition) is 2. The van der Waals surface area contributed by atoms with Gasteiger partial charge in [0.05, 0.1) is 12.2 Å². The summed E-state index contributed by atoms with van der Waals surface area (Å²) in [5.41, 5.74) is 0.763. The number of carbonyl (C=O) groups excluding carboxylic acids is 1. The van der Waals surface area contributed by atoms with Gasteiger partial charge in [-0.2, -0.15) is 0 Å². The summed E-state index contributed by atoms with van der Waals surface area (Å²) >= 11 is 2.15. The second-order valence-electron chi connectivity index (χ2n) is 4.49. The van der Waals surface area contributed by atoms with E-state index >= 15 is 0 Å². The van der Waals surface area contributed by atoms with E-state index in [1.807, 2.05) is 24.3 Å². The number of para-hydroxylation sites is 1. The largest absolute Gasteiger partial charge is 0.480 e. The predicted molar refractivity (Wildman–Crippen MR) is 80.0 cm³/mol. The predicted octanol–water partition coefficient (Wildman–Crippen LogP) is 1.78. The summed E-state index contributed by atoms with van der Waals surface area (Å²) < 4.78 is 0.963. The number of carboxylic acids is 1. The SMILES string of the molecule is O=C(CN1CCCC1C(=O)O)Nc1ccccc1I. The van der Waals surface area contributed by atoms with E-state index in [-0.39, 0.29) is 12.5 Å². The van der Waals surface area contributed by atoms with Gasteiger partial charge in [0.1, 0.15) is 6.04 Å². The topological polar surface area (TPSA) is 69.6 Å². The molecule has 0 saturated carbocycles. The highest BCUT2D eigenvalue weighted by Crippen LogP contribution is 2.19. The van der Waals surface area contributed by atoms with Crippen LogP contribution < -0.4 is 5.32 Å². The highest BCUT2D eigenvalue weighted by atomic mass is 127. The van der Waals surface area contributed by atoms with Gasteiger partial charge in [-0.3, -0.25) is 14.5 Å². The minimum absolute atomic E-state index is 0.127. The number of likely N-dealkylation sites (tertiary alicyclic amines) is 1.